The summed E-state index contributed by atoms with van der Waals surface area (Å²) in [5.41, 5.74) is 4.74. The maximum absolute atomic E-state index is 4.71. The van der Waals surface area contributed by atoms with Gasteiger partial charge in [-0.15, -0.1) is 0 Å². The molecule has 0 fully saturated rings. The van der Waals surface area contributed by atoms with Gasteiger partial charge in [-0.2, -0.15) is 5.10 Å². The Morgan fingerprint density at radius 3 is 2.34 bits per heavy atom. The molecular weight excluding hydrogens is 360 g/mol. The molecule has 0 amide bonds. The molecule has 0 aliphatic carbocycles. The van der Waals surface area contributed by atoms with Gasteiger partial charge in [0, 0.05) is 45.3 Å². The van der Waals surface area contributed by atoms with Gasteiger partial charge in [-0.05, 0) is 54.8 Å². The minimum absolute atomic E-state index is 0.654. The van der Waals surface area contributed by atoms with Crippen molar-refractivity contribution in [3.63, 3.8) is 0 Å². The standard InChI is InChI=1S/C23H30N6/c1-4-24-23(26-18-20-8-10-21(11-9-20)28(2)3)25-16-14-19-6-12-22(13-7-19)29-17-5-15-27-29/h5-13,15,17H,4,14,16,18H2,1-3H3,(H2,24,25,26). The van der Waals surface area contributed by atoms with Crippen LogP contribution in [0.5, 0.6) is 0 Å². The summed E-state index contributed by atoms with van der Waals surface area (Å²) in [5, 5.41) is 11.0. The Labute approximate surface area is 173 Å². The lowest BCUT2D eigenvalue weighted by Crippen LogP contribution is -2.38. The summed E-state index contributed by atoms with van der Waals surface area (Å²) >= 11 is 0. The second kappa shape index (κ2) is 10.3. The first-order chi connectivity index (χ1) is 14.2. The Bertz CT molecular complexity index is 880. The van der Waals surface area contributed by atoms with E-state index in [1.54, 1.807) is 6.20 Å². The van der Waals surface area contributed by atoms with Crippen molar-refractivity contribution in [2.45, 2.75) is 19.9 Å². The number of benzene rings is 2. The smallest absolute Gasteiger partial charge is 0.191 e. The predicted octanol–water partition coefficient (Wildman–Crippen LogP) is 3.24. The van der Waals surface area contributed by atoms with Crippen LogP contribution >= 0.6 is 0 Å². The van der Waals surface area contributed by atoms with E-state index in [2.05, 4.69) is 76.1 Å². The molecular formula is C23H30N6. The minimum Gasteiger partial charge on any atom is -0.378 e. The molecule has 0 unspecified atom stereocenters. The van der Waals surface area contributed by atoms with E-state index in [1.807, 2.05) is 31.0 Å². The highest BCUT2D eigenvalue weighted by molar-refractivity contribution is 5.79. The third kappa shape index (κ3) is 6.10. The van der Waals surface area contributed by atoms with E-state index in [4.69, 9.17) is 4.99 Å². The Morgan fingerprint density at radius 1 is 1.00 bits per heavy atom. The third-order valence-corrected chi connectivity index (χ3v) is 4.63. The van der Waals surface area contributed by atoms with Crippen molar-refractivity contribution in [2.75, 3.05) is 32.1 Å². The summed E-state index contributed by atoms with van der Waals surface area (Å²) in [4.78, 5) is 6.80. The quantitative estimate of drug-likeness (QED) is 0.458. The number of hydrogen-bond acceptors (Lipinski definition) is 3. The first kappa shape index (κ1) is 20.5. The van der Waals surface area contributed by atoms with Crippen LogP contribution in [-0.4, -0.2) is 42.9 Å². The van der Waals surface area contributed by atoms with E-state index >= 15 is 0 Å². The second-order valence-corrected chi connectivity index (χ2v) is 7.05. The molecule has 0 radical (unpaired) electrons. The van der Waals surface area contributed by atoms with Gasteiger partial charge in [-0.25, -0.2) is 9.67 Å². The summed E-state index contributed by atoms with van der Waals surface area (Å²) in [5.74, 6) is 0.845. The van der Waals surface area contributed by atoms with Gasteiger partial charge >= 0.3 is 0 Å². The van der Waals surface area contributed by atoms with Crippen molar-refractivity contribution in [3.05, 3.63) is 78.1 Å². The molecule has 0 saturated heterocycles. The molecule has 152 valence electrons. The molecule has 0 atom stereocenters. The summed E-state index contributed by atoms with van der Waals surface area (Å²) in [6.07, 6.45) is 4.67. The van der Waals surface area contributed by atoms with Crippen molar-refractivity contribution >= 4 is 11.6 Å². The average molecular weight is 391 g/mol. The number of aliphatic imine (C=N–C) groups is 1. The van der Waals surface area contributed by atoms with Gasteiger partial charge < -0.3 is 15.5 Å². The highest BCUT2D eigenvalue weighted by atomic mass is 15.3. The normalized spacial score (nSPS) is 11.3. The van der Waals surface area contributed by atoms with Crippen LogP contribution in [0.25, 0.3) is 5.69 Å². The van der Waals surface area contributed by atoms with Gasteiger partial charge in [0.05, 0.1) is 12.2 Å². The molecule has 3 aromatic rings. The van der Waals surface area contributed by atoms with Crippen molar-refractivity contribution in [1.82, 2.24) is 20.4 Å². The monoisotopic (exact) mass is 390 g/mol. The van der Waals surface area contributed by atoms with Crippen LogP contribution in [0.15, 0.2) is 72.0 Å². The van der Waals surface area contributed by atoms with Gasteiger partial charge in [-0.3, -0.25) is 0 Å². The molecule has 29 heavy (non-hydrogen) atoms. The van der Waals surface area contributed by atoms with Crippen LogP contribution in [0, 0.1) is 0 Å². The number of rotatable bonds is 8. The Morgan fingerprint density at radius 2 is 1.72 bits per heavy atom. The van der Waals surface area contributed by atoms with E-state index in [0.717, 1.165) is 31.2 Å². The van der Waals surface area contributed by atoms with E-state index < -0.39 is 0 Å². The number of anilines is 1. The van der Waals surface area contributed by atoms with Gasteiger partial charge in [0.2, 0.25) is 0 Å². The van der Waals surface area contributed by atoms with E-state index in [1.165, 1.54) is 16.8 Å². The van der Waals surface area contributed by atoms with Crippen LogP contribution in [0.3, 0.4) is 0 Å². The molecule has 2 aromatic carbocycles. The number of nitrogens with zero attached hydrogens (tertiary/aromatic N) is 4. The fraction of sp³-hybridized carbons (Fsp3) is 0.304. The summed E-state index contributed by atoms with van der Waals surface area (Å²) < 4.78 is 1.86. The largest absolute Gasteiger partial charge is 0.378 e. The molecule has 1 aromatic heterocycles. The lowest BCUT2D eigenvalue weighted by molar-refractivity contribution is 0.799. The van der Waals surface area contributed by atoms with Gasteiger partial charge in [0.25, 0.3) is 0 Å². The maximum Gasteiger partial charge on any atom is 0.191 e. The van der Waals surface area contributed by atoms with E-state index in [-0.39, 0.29) is 0 Å². The number of guanidine groups is 1. The SMILES string of the molecule is CCNC(=NCc1ccc(N(C)C)cc1)NCCc1ccc(-n2cccn2)cc1. The summed E-state index contributed by atoms with van der Waals surface area (Å²) in [7, 11) is 4.09. The number of aromatic nitrogens is 2. The minimum atomic E-state index is 0.654. The van der Waals surface area contributed by atoms with Crippen LogP contribution in [0.1, 0.15) is 18.1 Å². The zero-order chi connectivity index (χ0) is 20.5. The topological polar surface area (TPSA) is 57.5 Å². The zero-order valence-electron chi connectivity index (χ0n) is 17.5. The van der Waals surface area contributed by atoms with Gasteiger partial charge in [0.15, 0.2) is 5.96 Å². The summed E-state index contributed by atoms with van der Waals surface area (Å²) in [6, 6.07) is 18.9. The van der Waals surface area contributed by atoms with Crippen LogP contribution < -0.4 is 15.5 Å². The van der Waals surface area contributed by atoms with Crippen molar-refractivity contribution in [1.29, 1.82) is 0 Å². The van der Waals surface area contributed by atoms with Gasteiger partial charge in [0.1, 0.15) is 0 Å². The average Bonchev–Trinajstić information content (AvgIpc) is 3.28. The fourth-order valence-electron chi connectivity index (χ4n) is 2.97. The maximum atomic E-state index is 4.71. The fourth-order valence-corrected chi connectivity index (χ4v) is 2.97. The van der Waals surface area contributed by atoms with E-state index in [9.17, 15) is 0 Å². The van der Waals surface area contributed by atoms with Crippen molar-refractivity contribution < 1.29 is 0 Å². The molecule has 0 bridgehead atoms. The van der Waals surface area contributed by atoms with Crippen molar-refractivity contribution in [2.24, 2.45) is 4.99 Å². The lowest BCUT2D eigenvalue weighted by atomic mass is 10.1. The zero-order valence-corrected chi connectivity index (χ0v) is 17.5. The highest BCUT2D eigenvalue weighted by Crippen LogP contribution is 2.13. The Balaban J connectivity index is 1.51. The Hall–Kier alpha value is -3.28. The lowest BCUT2D eigenvalue weighted by Gasteiger charge is -2.13. The number of hydrogen-bond donors (Lipinski definition) is 2. The molecule has 0 saturated carbocycles. The molecule has 0 aliphatic heterocycles. The highest BCUT2D eigenvalue weighted by Gasteiger charge is 2.01. The molecule has 0 aliphatic rings. The van der Waals surface area contributed by atoms with Crippen LogP contribution in [-0.2, 0) is 13.0 Å². The van der Waals surface area contributed by atoms with Gasteiger partial charge in [-0.1, -0.05) is 24.3 Å². The second-order valence-electron chi connectivity index (χ2n) is 7.05. The molecule has 6 heteroatoms. The van der Waals surface area contributed by atoms with Crippen molar-refractivity contribution in [3.8, 4) is 5.69 Å². The van der Waals surface area contributed by atoms with Crippen LogP contribution in [0.2, 0.25) is 0 Å². The third-order valence-electron chi connectivity index (χ3n) is 4.63. The first-order valence-corrected chi connectivity index (χ1v) is 10.0. The molecule has 3 rings (SSSR count). The molecule has 0 spiro atoms. The Kier molecular flexibility index (Phi) is 7.28. The summed E-state index contributed by atoms with van der Waals surface area (Å²) in [6.45, 7) is 4.40. The predicted molar refractivity (Wildman–Crippen MR) is 121 cm³/mol. The number of nitrogens with one attached hydrogen (secondary N) is 2. The van der Waals surface area contributed by atoms with Crippen LogP contribution in [0.4, 0.5) is 5.69 Å². The molecule has 2 N–H and O–H groups in total. The molecule has 6 nitrogen and oxygen atoms in total. The first-order valence-electron chi connectivity index (χ1n) is 10.0. The van der Waals surface area contributed by atoms with E-state index in [0.29, 0.717) is 6.54 Å². The molecule has 1 heterocycles.